The smallest absolute Gasteiger partial charge is 0.397 e. The van der Waals surface area contributed by atoms with Crippen molar-refractivity contribution in [1.82, 2.24) is 0 Å². The SMILES string of the molecule is C[Si](C)(C)O[I+2]([O-])[O-]. The maximum Gasteiger partial charge on any atom is 0.492 e. The van der Waals surface area contributed by atoms with Crippen LogP contribution in [0, 0.1) is 0 Å². The molecule has 0 bridgehead atoms. The van der Waals surface area contributed by atoms with Gasteiger partial charge in [-0.2, -0.15) is 0 Å². The average Bonchev–Trinajstić information content (AvgIpc) is 1.21. The standard InChI is InChI=1S/C3H9IO3Si/c1-8(2,3)7-4(5)6/h1-3H3. The first-order valence-corrected chi connectivity index (χ1v) is 8.22. The molecule has 50 valence electrons. The van der Waals surface area contributed by atoms with Crippen LogP contribution >= 0.6 is 0 Å². The predicted octanol–water partition coefficient (Wildman–Crippen LogP) is -4.07. The third-order valence-electron chi connectivity index (χ3n) is 0.294. The molecule has 0 saturated heterocycles. The number of hydrogen-bond acceptors (Lipinski definition) is 3. The van der Waals surface area contributed by atoms with Crippen molar-refractivity contribution < 1.29 is 30.7 Å². The molecular formula is C3H9IO3Si. The molecule has 8 heavy (non-hydrogen) atoms. The van der Waals surface area contributed by atoms with Gasteiger partial charge in [-0.15, -0.1) is 0 Å². The maximum absolute atomic E-state index is 9.96. The Balaban J connectivity index is 3.39. The minimum Gasteiger partial charge on any atom is -0.397 e. The summed E-state index contributed by atoms with van der Waals surface area (Å²) in [5.74, 6) is 0. The second-order valence-electron chi connectivity index (χ2n) is 2.38. The van der Waals surface area contributed by atoms with E-state index in [1.54, 1.807) is 0 Å². The van der Waals surface area contributed by atoms with E-state index in [9.17, 15) is 6.87 Å². The van der Waals surface area contributed by atoms with E-state index in [1.807, 2.05) is 19.6 Å². The fourth-order valence-corrected chi connectivity index (χ4v) is 3.80. The zero-order chi connectivity index (χ0) is 6.78. The van der Waals surface area contributed by atoms with Crippen molar-refractivity contribution in [3.8, 4) is 0 Å². The first-order valence-electron chi connectivity index (χ1n) is 2.17. The highest BCUT2D eigenvalue weighted by atomic mass is 127. The molecule has 3 nitrogen and oxygen atoms in total. The fraction of sp³-hybridized carbons (Fsp3) is 1.00. The minimum atomic E-state index is -3.38. The minimum absolute atomic E-state index is 1.78. The average molecular weight is 248 g/mol. The molecule has 0 aromatic heterocycles. The van der Waals surface area contributed by atoms with Gasteiger partial charge in [0.1, 0.15) is 0 Å². The first-order chi connectivity index (χ1) is 3.42. The molecule has 5 heteroatoms. The topological polar surface area (TPSA) is 55.3 Å². The summed E-state index contributed by atoms with van der Waals surface area (Å²) in [5, 5.41) is 0. The molecular weight excluding hydrogens is 239 g/mol. The largest absolute Gasteiger partial charge is 0.492 e. The Morgan fingerprint density at radius 1 is 1.25 bits per heavy atom. The van der Waals surface area contributed by atoms with Crippen LogP contribution < -0.4 is 27.9 Å². The fourth-order valence-electron chi connectivity index (χ4n) is 0.189. The predicted molar refractivity (Wildman–Crippen MR) is 24.4 cm³/mol. The lowest BCUT2D eigenvalue weighted by molar-refractivity contribution is -1.62. The van der Waals surface area contributed by atoms with Gasteiger partial charge in [-0.05, 0) is 19.6 Å². The molecule has 0 fully saturated rings. The van der Waals surface area contributed by atoms with Crippen molar-refractivity contribution in [2.24, 2.45) is 0 Å². The van der Waals surface area contributed by atoms with Gasteiger partial charge in [0.25, 0.3) is 0 Å². The summed E-state index contributed by atoms with van der Waals surface area (Å²) in [6.45, 7) is 5.52. The Kier molecular flexibility index (Phi) is 3.43. The molecule has 0 aromatic rings. The van der Waals surface area contributed by atoms with Crippen LogP contribution in [0.15, 0.2) is 0 Å². The van der Waals surface area contributed by atoms with E-state index < -0.39 is 29.4 Å². The second-order valence-corrected chi connectivity index (χ2v) is 9.16. The van der Waals surface area contributed by atoms with Crippen LogP contribution in [0.2, 0.25) is 19.6 Å². The lowest BCUT2D eigenvalue weighted by Gasteiger charge is -2.04. The lowest BCUT2D eigenvalue weighted by atomic mass is 11.8. The zero-order valence-electron chi connectivity index (χ0n) is 5.10. The van der Waals surface area contributed by atoms with Gasteiger partial charge in [0.2, 0.25) is 0 Å². The van der Waals surface area contributed by atoms with Crippen molar-refractivity contribution in [2.75, 3.05) is 0 Å². The quantitative estimate of drug-likeness (QED) is 0.369. The lowest BCUT2D eigenvalue weighted by Crippen LogP contribution is -3.99. The van der Waals surface area contributed by atoms with Crippen molar-refractivity contribution in [3.63, 3.8) is 0 Å². The third kappa shape index (κ3) is 6.83. The van der Waals surface area contributed by atoms with Crippen molar-refractivity contribution in [1.29, 1.82) is 0 Å². The van der Waals surface area contributed by atoms with Gasteiger partial charge >= 0.3 is 29.4 Å². The maximum atomic E-state index is 9.96. The normalized spacial score (nSPS) is 12.8. The van der Waals surface area contributed by atoms with E-state index in [2.05, 4.69) is 2.76 Å². The van der Waals surface area contributed by atoms with Crippen LogP contribution in [0.1, 0.15) is 0 Å². The molecule has 0 spiro atoms. The van der Waals surface area contributed by atoms with E-state index >= 15 is 0 Å². The van der Waals surface area contributed by atoms with Crippen molar-refractivity contribution in [3.05, 3.63) is 0 Å². The van der Waals surface area contributed by atoms with E-state index in [1.165, 1.54) is 0 Å². The molecule has 0 aliphatic rings. The molecule has 0 amide bonds. The summed E-state index contributed by atoms with van der Waals surface area (Å²) in [6, 6.07) is 0. The van der Waals surface area contributed by atoms with E-state index in [4.69, 9.17) is 0 Å². The zero-order valence-corrected chi connectivity index (χ0v) is 8.26. The van der Waals surface area contributed by atoms with Crippen LogP contribution in [-0.4, -0.2) is 8.32 Å². The van der Waals surface area contributed by atoms with Crippen LogP contribution in [0.5, 0.6) is 0 Å². The highest BCUT2D eigenvalue weighted by Crippen LogP contribution is 1.93. The molecule has 0 saturated carbocycles. The molecule has 0 atom stereocenters. The van der Waals surface area contributed by atoms with Crippen LogP contribution in [0.4, 0.5) is 0 Å². The molecule has 0 N–H and O–H groups in total. The van der Waals surface area contributed by atoms with Gasteiger partial charge in [0.05, 0.1) is 0 Å². The number of halogens is 1. The monoisotopic (exact) mass is 248 g/mol. The second kappa shape index (κ2) is 3.11. The molecule has 0 aliphatic carbocycles. The summed E-state index contributed by atoms with van der Waals surface area (Å²) in [7, 11) is -1.78. The highest BCUT2D eigenvalue weighted by Gasteiger charge is 2.29. The van der Waals surface area contributed by atoms with Gasteiger partial charge in [0.15, 0.2) is 0 Å². The molecule has 0 heterocycles. The van der Waals surface area contributed by atoms with E-state index in [-0.39, 0.29) is 0 Å². The summed E-state index contributed by atoms with van der Waals surface area (Å²) < 4.78 is 24.5. The Labute approximate surface area is 58.8 Å². The summed E-state index contributed by atoms with van der Waals surface area (Å²) >= 11 is -3.38. The molecule has 0 rings (SSSR count). The Morgan fingerprint density at radius 2 is 1.62 bits per heavy atom. The van der Waals surface area contributed by atoms with Crippen LogP contribution in [0.25, 0.3) is 0 Å². The van der Waals surface area contributed by atoms with Crippen LogP contribution in [-0.2, 0) is 2.76 Å². The summed E-state index contributed by atoms with van der Waals surface area (Å²) in [5.41, 5.74) is 0. The Bertz CT molecular complexity index is 69.4. The first kappa shape index (κ1) is 8.83. The van der Waals surface area contributed by atoms with E-state index in [0.29, 0.717) is 0 Å². The van der Waals surface area contributed by atoms with Gasteiger partial charge in [-0.25, -0.2) is 0 Å². The third-order valence-corrected chi connectivity index (χ3v) is 5.93. The van der Waals surface area contributed by atoms with Crippen molar-refractivity contribution >= 4 is 8.32 Å². The molecule has 0 unspecified atom stereocenters. The highest BCUT2D eigenvalue weighted by molar-refractivity contribution is 6.69. The van der Waals surface area contributed by atoms with E-state index in [0.717, 1.165) is 0 Å². The summed E-state index contributed by atoms with van der Waals surface area (Å²) in [4.78, 5) is 0. The summed E-state index contributed by atoms with van der Waals surface area (Å²) in [6.07, 6.45) is 0. The Morgan fingerprint density at radius 3 is 1.62 bits per heavy atom. The molecule has 0 aliphatic heterocycles. The van der Waals surface area contributed by atoms with Gasteiger partial charge < -0.3 is 6.87 Å². The van der Waals surface area contributed by atoms with Gasteiger partial charge in [0, 0.05) is 0 Å². The molecule has 0 aromatic carbocycles. The Hall–Kier alpha value is 0.827. The van der Waals surface area contributed by atoms with Crippen LogP contribution in [0.3, 0.4) is 0 Å². The number of rotatable bonds is 2. The van der Waals surface area contributed by atoms with Gasteiger partial charge in [-0.1, -0.05) is 2.76 Å². The van der Waals surface area contributed by atoms with Crippen molar-refractivity contribution in [2.45, 2.75) is 19.6 Å². The number of hydrogen-bond donors (Lipinski definition) is 0. The van der Waals surface area contributed by atoms with Gasteiger partial charge in [-0.3, -0.25) is 0 Å². The molecule has 0 radical (unpaired) electrons.